The van der Waals surface area contributed by atoms with Crippen molar-refractivity contribution in [2.45, 2.75) is 23.0 Å². The van der Waals surface area contributed by atoms with Gasteiger partial charge in [-0.1, -0.05) is 11.6 Å². The summed E-state index contributed by atoms with van der Waals surface area (Å²) in [7, 11) is -3.10. The van der Waals surface area contributed by atoms with Crippen molar-refractivity contribution in [2.75, 3.05) is 0 Å². The van der Waals surface area contributed by atoms with Crippen LogP contribution in [0.2, 0.25) is 5.02 Å². The highest BCUT2D eigenvalue weighted by atomic mass is 35.5. The molecule has 0 spiro atoms. The quantitative estimate of drug-likeness (QED) is 0.757. The minimum Gasteiger partial charge on any atom is -0.223 e. The fourth-order valence-electron chi connectivity index (χ4n) is 1.16. The van der Waals surface area contributed by atoms with Crippen LogP contribution in [0.5, 0.6) is 0 Å². The van der Waals surface area contributed by atoms with Gasteiger partial charge in [0.1, 0.15) is 0 Å². The zero-order chi connectivity index (χ0) is 9.47. The molecular weight excluding hydrogens is 208 g/mol. The molecule has 0 aromatic heterocycles. The summed E-state index contributed by atoms with van der Waals surface area (Å²) in [4.78, 5) is 0.294. The van der Waals surface area contributed by atoms with E-state index in [9.17, 15) is 8.42 Å². The van der Waals surface area contributed by atoms with E-state index < -0.39 is 9.84 Å². The molecular formula is C9H8ClO2S. The molecule has 0 atom stereocenters. The molecule has 1 aromatic rings. The summed E-state index contributed by atoms with van der Waals surface area (Å²) in [6.45, 7) is 0. The molecule has 0 aliphatic heterocycles. The summed E-state index contributed by atoms with van der Waals surface area (Å²) >= 11 is 5.68. The third-order valence-electron chi connectivity index (χ3n) is 2.02. The van der Waals surface area contributed by atoms with Gasteiger partial charge in [0.15, 0.2) is 9.84 Å². The van der Waals surface area contributed by atoms with Gasteiger partial charge in [-0.15, -0.1) is 0 Å². The first-order chi connectivity index (χ1) is 6.10. The zero-order valence-electron chi connectivity index (χ0n) is 6.83. The third-order valence-corrected chi connectivity index (χ3v) is 4.48. The van der Waals surface area contributed by atoms with E-state index in [0.717, 1.165) is 12.8 Å². The van der Waals surface area contributed by atoms with Crippen LogP contribution in [-0.4, -0.2) is 13.7 Å². The first kappa shape index (κ1) is 9.03. The van der Waals surface area contributed by atoms with Gasteiger partial charge in [0.05, 0.1) is 10.1 Å². The third kappa shape index (κ3) is 1.71. The smallest absolute Gasteiger partial charge is 0.181 e. The van der Waals surface area contributed by atoms with Crippen molar-refractivity contribution in [3.8, 4) is 0 Å². The number of sulfone groups is 1. The van der Waals surface area contributed by atoms with Crippen LogP contribution < -0.4 is 0 Å². The highest BCUT2D eigenvalue weighted by Gasteiger charge is 2.36. The van der Waals surface area contributed by atoms with Crippen molar-refractivity contribution in [1.82, 2.24) is 0 Å². The Morgan fingerprint density at radius 2 is 2.08 bits per heavy atom. The van der Waals surface area contributed by atoms with Crippen molar-refractivity contribution in [3.05, 3.63) is 29.3 Å². The fourth-order valence-corrected chi connectivity index (χ4v) is 3.07. The Balaban J connectivity index is 2.45. The van der Waals surface area contributed by atoms with Gasteiger partial charge < -0.3 is 0 Å². The molecule has 13 heavy (non-hydrogen) atoms. The summed E-state index contributed by atoms with van der Waals surface area (Å²) in [6.07, 6.45) is 1.55. The largest absolute Gasteiger partial charge is 0.223 e. The maximum Gasteiger partial charge on any atom is 0.181 e. The van der Waals surface area contributed by atoms with Crippen molar-refractivity contribution in [1.29, 1.82) is 0 Å². The van der Waals surface area contributed by atoms with E-state index in [0.29, 0.717) is 9.92 Å². The van der Waals surface area contributed by atoms with Gasteiger partial charge in [0.25, 0.3) is 0 Å². The molecule has 0 amide bonds. The van der Waals surface area contributed by atoms with Gasteiger partial charge in [0.2, 0.25) is 0 Å². The first-order valence-corrected chi connectivity index (χ1v) is 5.93. The van der Waals surface area contributed by atoms with E-state index in [1.165, 1.54) is 12.1 Å². The van der Waals surface area contributed by atoms with Gasteiger partial charge in [-0.25, -0.2) is 8.42 Å². The predicted molar refractivity (Wildman–Crippen MR) is 50.5 cm³/mol. The van der Waals surface area contributed by atoms with Gasteiger partial charge in [-0.05, 0) is 37.1 Å². The van der Waals surface area contributed by atoms with E-state index in [1.54, 1.807) is 6.07 Å². The molecule has 1 aromatic carbocycles. The fraction of sp³-hybridized carbons (Fsp3) is 0.333. The Hall–Kier alpha value is -0.540. The minimum atomic E-state index is -3.10. The van der Waals surface area contributed by atoms with Crippen molar-refractivity contribution < 1.29 is 8.42 Å². The van der Waals surface area contributed by atoms with Crippen LogP contribution in [0.1, 0.15) is 12.8 Å². The monoisotopic (exact) mass is 215 g/mol. The van der Waals surface area contributed by atoms with Gasteiger partial charge in [-0.3, -0.25) is 0 Å². The second-order valence-corrected chi connectivity index (χ2v) is 5.80. The Labute approximate surface area is 82.4 Å². The highest BCUT2D eigenvalue weighted by Crippen LogP contribution is 2.33. The maximum atomic E-state index is 11.7. The van der Waals surface area contributed by atoms with Gasteiger partial charge in [0, 0.05) is 5.02 Å². The summed E-state index contributed by atoms with van der Waals surface area (Å²) < 4.78 is 23.3. The molecule has 0 saturated heterocycles. The Bertz CT molecular complexity index is 421. The van der Waals surface area contributed by atoms with Crippen LogP contribution in [0.3, 0.4) is 0 Å². The lowest BCUT2D eigenvalue weighted by Gasteiger charge is -2.01. The Morgan fingerprint density at radius 1 is 1.38 bits per heavy atom. The molecule has 1 saturated carbocycles. The predicted octanol–water partition coefficient (Wildman–Crippen LogP) is 2.08. The number of hydrogen-bond acceptors (Lipinski definition) is 2. The molecule has 2 nitrogen and oxygen atoms in total. The standard InChI is InChI=1S/C9H8ClO2S/c10-7-2-1-3-9(6-7)13(11,12)8-4-5-8/h2-3,6,8H,4-5H2. The molecule has 0 heterocycles. The van der Waals surface area contributed by atoms with Crippen molar-refractivity contribution in [2.24, 2.45) is 0 Å². The van der Waals surface area contributed by atoms with Crippen LogP contribution in [0.4, 0.5) is 0 Å². The lowest BCUT2D eigenvalue weighted by atomic mass is 10.4. The normalized spacial score (nSPS) is 17.3. The van der Waals surface area contributed by atoms with Crippen molar-refractivity contribution in [3.63, 3.8) is 0 Å². The summed E-state index contributed by atoms with van der Waals surface area (Å²) in [5.41, 5.74) is 0. The first-order valence-electron chi connectivity index (χ1n) is 4.01. The Morgan fingerprint density at radius 3 is 2.62 bits per heavy atom. The molecule has 0 unspecified atom stereocenters. The summed E-state index contributed by atoms with van der Waals surface area (Å²) in [5, 5.41) is 0.237. The number of benzene rings is 1. The topological polar surface area (TPSA) is 34.1 Å². The van der Waals surface area contributed by atoms with E-state index >= 15 is 0 Å². The molecule has 0 N–H and O–H groups in total. The molecule has 2 rings (SSSR count). The van der Waals surface area contributed by atoms with Crippen LogP contribution >= 0.6 is 11.6 Å². The van der Waals surface area contributed by atoms with Gasteiger partial charge >= 0.3 is 0 Å². The number of rotatable bonds is 2. The second-order valence-electron chi connectivity index (χ2n) is 3.13. The van der Waals surface area contributed by atoms with Crippen LogP contribution in [0.25, 0.3) is 0 Å². The van der Waals surface area contributed by atoms with Crippen LogP contribution in [-0.2, 0) is 9.84 Å². The maximum absolute atomic E-state index is 11.7. The zero-order valence-corrected chi connectivity index (χ0v) is 8.40. The molecule has 1 radical (unpaired) electrons. The lowest BCUT2D eigenvalue weighted by Crippen LogP contribution is -2.06. The highest BCUT2D eigenvalue weighted by molar-refractivity contribution is 7.92. The SMILES string of the molecule is O=S(=O)(c1c[c]cc(Cl)c1)C1CC1. The van der Waals surface area contributed by atoms with E-state index in [4.69, 9.17) is 11.6 Å². The van der Waals surface area contributed by atoms with E-state index in [1.807, 2.05) is 0 Å². The molecule has 1 aliphatic carbocycles. The average Bonchev–Trinajstić information content (AvgIpc) is 2.86. The molecule has 1 fully saturated rings. The molecule has 1 aliphatic rings. The Kier molecular flexibility index (Phi) is 2.08. The molecule has 0 bridgehead atoms. The number of halogens is 1. The summed E-state index contributed by atoms with van der Waals surface area (Å²) in [6, 6.07) is 7.21. The summed E-state index contributed by atoms with van der Waals surface area (Å²) in [5.74, 6) is 0. The van der Waals surface area contributed by atoms with E-state index in [2.05, 4.69) is 6.07 Å². The minimum absolute atomic E-state index is 0.181. The van der Waals surface area contributed by atoms with Gasteiger partial charge in [-0.2, -0.15) is 0 Å². The average molecular weight is 216 g/mol. The lowest BCUT2D eigenvalue weighted by molar-refractivity contribution is 0.595. The second kappa shape index (κ2) is 3.00. The van der Waals surface area contributed by atoms with Crippen LogP contribution in [0.15, 0.2) is 23.1 Å². The molecule has 69 valence electrons. The van der Waals surface area contributed by atoms with Crippen molar-refractivity contribution >= 4 is 21.4 Å². The molecule has 4 heteroatoms. The van der Waals surface area contributed by atoms with Crippen LogP contribution in [0, 0.1) is 6.07 Å². The van der Waals surface area contributed by atoms with E-state index in [-0.39, 0.29) is 5.25 Å². The number of hydrogen-bond donors (Lipinski definition) is 0.